The highest BCUT2D eigenvalue weighted by atomic mass is 19.1. The molecule has 0 aromatic heterocycles. The van der Waals surface area contributed by atoms with Gasteiger partial charge in [-0.2, -0.15) is 0 Å². The molecule has 0 spiro atoms. The summed E-state index contributed by atoms with van der Waals surface area (Å²) in [6, 6.07) is 12.5. The molecule has 166 valence electrons. The zero-order valence-electron chi connectivity index (χ0n) is 18.0. The number of ether oxygens (including phenoxy) is 1. The molecule has 2 heterocycles. The molecule has 0 bridgehead atoms. The van der Waals surface area contributed by atoms with Crippen molar-refractivity contribution in [1.29, 1.82) is 0 Å². The molecule has 2 aliphatic heterocycles. The highest BCUT2D eigenvalue weighted by molar-refractivity contribution is 5.93. The third-order valence-corrected chi connectivity index (χ3v) is 6.69. The van der Waals surface area contributed by atoms with Crippen molar-refractivity contribution in [2.24, 2.45) is 5.92 Å². The third-order valence-electron chi connectivity index (χ3n) is 6.69. The second kappa shape index (κ2) is 9.45. The fourth-order valence-corrected chi connectivity index (χ4v) is 5.12. The molecule has 2 fully saturated rings. The van der Waals surface area contributed by atoms with E-state index < -0.39 is 5.41 Å². The van der Waals surface area contributed by atoms with E-state index in [1.54, 1.807) is 18.2 Å². The topological polar surface area (TPSA) is 32.8 Å². The molecule has 1 unspecified atom stereocenters. The lowest BCUT2D eigenvalue weighted by Crippen LogP contribution is -2.54. The molecule has 0 N–H and O–H groups in total. The van der Waals surface area contributed by atoms with Crippen molar-refractivity contribution in [2.45, 2.75) is 25.2 Å². The van der Waals surface area contributed by atoms with Crippen LogP contribution in [0.25, 0.3) is 0 Å². The maximum atomic E-state index is 14.4. The molecule has 4 rings (SSSR count). The van der Waals surface area contributed by atoms with E-state index in [1.165, 1.54) is 24.3 Å². The summed E-state index contributed by atoms with van der Waals surface area (Å²) in [5.74, 6) is -0.919. The van der Waals surface area contributed by atoms with Crippen molar-refractivity contribution in [3.63, 3.8) is 0 Å². The molecule has 4 nitrogen and oxygen atoms in total. The SMILES string of the molecule is C[C@H](CN1CCOCC1)C(C(=O)N1CCCC1)(c1ccc(F)cc1)c1cccc([18F])c1. The summed E-state index contributed by atoms with van der Waals surface area (Å²) < 4.78 is 33.8. The number of amides is 1. The van der Waals surface area contributed by atoms with Crippen LogP contribution in [0.1, 0.15) is 30.9 Å². The van der Waals surface area contributed by atoms with Gasteiger partial charge in [0.25, 0.3) is 0 Å². The van der Waals surface area contributed by atoms with Crippen LogP contribution in [0.3, 0.4) is 0 Å². The Balaban J connectivity index is 1.86. The Morgan fingerprint density at radius 3 is 2.29 bits per heavy atom. The average molecular weight is 428 g/mol. The van der Waals surface area contributed by atoms with Gasteiger partial charge in [0, 0.05) is 32.7 Å². The number of hydrogen-bond acceptors (Lipinski definition) is 3. The van der Waals surface area contributed by atoms with Gasteiger partial charge >= 0.3 is 0 Å². The summed E-state index contributed by atoms with van der Waals surface area (Å²) in [5.41, 5.74) is 0.229. The number of halogens is 2. The summed E-state index contributed by atoms with van der Waals surface area (Å²) in [7, 11) is 0. The van der Waals surface area contributed by atoms with Gasteiger partial charge < -0.3 is 9.64 Å². The van der Waals surface area contributed by atoms with Crippen LogP contribution in [0.15, 0.2) is 48.5 Å². The lowest BCUT2D eigenvalue weighted by atomic mass is 9.65. The molecule has 31 heavy (non-hydrogen) atoms. The smallest absolute Gasteiger partial charge is 0.238 e. The minimum absolute atomic E-state index is 0.0250. The fourth-order valence-electron chi connectivity index (χ4n) is 5.12. The van der Waals surface area contributed by atoms with E-state index in [2.05, 4.69) is 11.8 Å². The fraction of sp³-hybridized carbons (Fsp3) is 0.480. The van der Waals surface area contributed by atoms with Gasteiger partial charge in [0.1, 0.15) is 17.0 Å². The maximum Gasteiger partial charge on any atom is 0.238 e. The Morgan fingerprint density at radius 1 is 0.968 bits per heavy atom. The van der Waals surface area contributed by atoms with Crippen molar-refractivity contribution in [3.8, 4) is 0 Å². The van der Waals surface area contributed by atoms with Crippen LogP contribution in [-0.4, -0.2) is 61.6 Å². The van der Waals surface area contributed by atoms with Crippen molar-refractivity contribution in [1.82, 2.24) is 9.80 Å². The first-order chi connectivity index (χ1) is 15.0. The predicted octanol–water partition coefficient (Wildman–Crippen LogP) is 3.84. The zero-order valence-corrected chi connectivity index (χ0v) is 18.0. The molecule has 2 saturated heterocycles. The van der Waals surface area contributed by atoms with Gasteiger partial charge in [0.05, 0.1) is 13.2 Å². The first-order valence-corrected chi connectivity index (χ1v) is 11.1. The summed E-state index contributed by atoms with van der Waals surface area (Å²) >= 11 is 0. The second-order valence-corrected chi connectivity index (χ2v) is 8.64. The molecule has 1 amide bonds. The van der Waals surface area contributed by atoms with Gasteiger partial charge in [-0.25, -0.2) is 8.78 Å². The van der Waals surface area contributed by atoms with Crippen LogP contribution in [0.5, 0.6) is 0 Å². The standard InChI is InChI=1S/C25H30F2N2O2/c1-19(18-28-13-15-31-16-14-28)25(20-7-9-22(26)10-8-20,21-5-4-6-23(27)17-21)24(30)29-11-2-3-12-29/h4-10,17,19H,2-3,11-16,18H2,1H3/t19-,25?/m1/s1/i27-1. The lowest BCUT2D eigenvalue weighted by Gasteiger charge is -2.43. The average Bonchev–Trinajstić information content (AvgIpc) is 3.31. The van der Waals surface area contributed by atoms with Crippen LogP contribution in [0.2, 0.25) is 0 Å². The number of morpholine rings is 1. The number of benzene rings is 2. The first kappa shape index (κ1) is 21.9. The minimum atomic E-state index is -1.10. The monoisotopic (exact) mass is 427 g/mol. The van der Waals surface area contributed by atoms with Crippen molar-refractivity contribution < 1.29 is 18.3 Å². The quantitative estimate of drug-likeness (QED) is 0.702. The molecule has 2 atom stereocenters. The van der Waals surface area contributed by atoms with Gasteiger partial charge in [-0.15, -0.1) is 0 Å². The Bertz CT molecular complexity index is 893. The van der Waals surface area contributed by atoms with Gasteiger partial charge in [-0.3, -0.25) is 9.69 Å². The number of hydrogen-bond donors (Lipinski definition) is 0. The highest BCUT2D eigenvalue weighted by Gasteiger charge is 2.49. The Kier molecular flexibility index (Phi) is 6.68. The van der Waals surface area contributed by atoms with Crippen LogP contribution in [0, 0.1) is 17.6 Å². The molecular formula is C25H30F2N2O2. The molecule has 0 aliphatic carbocycles. The maximum absolute atomic E-state index is 14.4. The summed E-state index contributed by atoms with van der Waals surface area (Å²) in [6.07, 6.45) is 1.93. The van der Waals surface area contributed by atoms with Gasteiger partial charge in [-0.1, -0.05) is 31.2 Å². The van der Waals surface area contributed by atoms with E-state index >= 15 is 0 Å². The Morgan fingerprint density at radius 2 is 1.65 bits per heavy atom. The van der Waals surface area contributed by atoms with Gasteiger partial charge in [0.15, 0.2) is 0 Å². The van der Waals surface area contributed by atoms with E-state index in [4.69, 9.17) is 4.74 Å². The van der Waals surface area contributed by atoms with Crippen molar-refractivity contribution >= 4 is 5.91 Å². The van der Waals surface area contributed by atoms with E-state index in [0.29, 0.717) is 44.0 Å². The predicted molar refractivity (Wildman–Crippen MR) is 116 cm³/mol. The first-order valence-electron chi connectivity index (χ1n) is 11.1. The Hall–Kier alpha value is -2.31. The van der Waals surface area contributed by atoms with Crippen molar-refractivity contribution in [2.75, 3.05) is 45.9 Å². The number of nitrogens with zero attached hydrogens (tertiary/aromatic N) is 2. The number of likely N-dealkylation sites (tertiary alicyclic amines) is 1. The highest BCUT2D eigenvalue weighted by Crippen LogP contribution is 2.43. The normalized spacial score (nSPS) is 20.4. The van der Waals surface area contributed by atoms with Crippen LogP contribution in [-0.2, 0) is 14.9 Å². The van der Waals surface area contributed by atoms with E-state index in [-0.39, 0.29) is 23.5 Å². The number of rotatable bonds is 6. The van der Waals surface area contributed by atoms with Gasteiger partial charge in [-0.05, 0) is 54.2 Å². The summed E-state index contributed by atoms with van der Waals surface area (Å²) in [5, 5.41) is 0. The zero-order chi connectivity index (χ0) is 21.8. The van der Waals surface area contributed by atoms with Gasteiger partial charge in [0.2, 0.25) is 5.91 Å². The lowest BCUT2D eigenvalue weighted by molar-refractivity contribution is -0.137. The molecule has 2 aromatic rings. The molecule has 0 radical (unpaired) electrons. The molecule has 2 aliphatic rings. The molecule has 0 saturated carbocycles. The summed E-state index contributed by atoms with van der Waals surface area (Å²) in [6.45, 7) is 7.03. The second-order valence-electron chi connectivity index (χ2n) is 8.64. The van der Waals surface area contributed by atoms with Crippen LogP contribution < -0.4 is 0 Å². The van der Waals surface area contributed by atoms with E-state index in [0.717, 1.165) is 25.9 Å². The van der Waals surface area contributed by atoms with E-state index in [1.807, 2.05) is 11.0 Å². The Labute approximate surface area is 182 Å². The number of carbonyl (C=O) groups excluding carboxylic acids is 1. The third kappa shape index (κ3) is 4.37. The molecular weight excluding hydrogens is 397 g/mol. The van der Waals surface area contributed by atoms with Crippen LogP contribution >= 0.6 is 0 Å². The largest absolute Gasteiger partial charge is 0.379 e. The van der Waals surface area contributed by atoms with E-state index in [9.17, 15) is 13.6 Å². The minimum Gasteiger partial charge on any atom is -0.379 e. The molecule has 6 heteroatoms. The summed E-state index contributed by atoms with van der Waals surface area (Å²) in [4.78, 5) is 18.4. The van der Waals surface area contributed by atoms with Crippen molar-refractivity contribution in [3.05, 3.63) is 71.3 Å². The molecule has 2 aromatic carbocycles. The number of carbonyl (C=O) groups is 1. The van der Waals surface area contributed by atoms with Crippen LogP contribution in [0.4, 0.5) is 8.78 Å².